The Labute approximate surface area is 130 Å². The zero-order valence-corrected chi connectivity index (χ0v) is 12.6. The number of benzene rings is 1. The van der Waals surface area contributed by atoms with Crippen molar-refractivity contribution < 1.29 is 4.79 Å². The molecule has 0 spiro atoms. The molecule has 4 nitrogen and oxygen atoms in total. The van der Waals surface area contributed by atoms with Gasteiger partial charge in [-0.05, 0) is 49.9 Å². The minimum atomic E-state index is -0.116. The van der Waals surface area contributed by atoms with Crippen LogP contribution in [0.1, 0.15) is 42.5 Å². The van der Waals surface area contributed by atoms with E-state index in [1.165, 1.54) is 19.3 Å². The first-order chi connectivity index (χ1) is 10.8. The van der Waals surface area contributed by atoms with E-state index >= 15 is 0 Å². The summed E-state index contributed by atoms with van der Waals surface area (Å²) in [7, 11) is 0. The van der Waals surface area contributed by atoms with Gasteiger partial charge in [-0.3, -0.25) is 10.2 Å². The van der Waals surface area contributed by atoms with Crippen LogP contribution in [0, 0.1) is 0 Å². The summed E-state index contributed by atoms with van der Waals surface area (Å²) in [6.45, 7) is 0. The monoisotopic (exact) mass is 295 g/mol. The molecular weight excluding hydrogens is 274 g/mol. The maximum atomic E-state index is 12.5. The molecule has 0 atom stereocenters. The molecule has 22 heavy (non-hydrogen) atoms. The Morgan fingerprint density at radius 1 is 1.00 bits per heavy atom. The third-order valence-electron chi connectivity index (χ3n) is 3.91. The summed E-state index contributed by atoms with van der Waals surface area (Å²) < 4.78 is 1.94. The molecule has 1 aliphatic carbocycles. The van der Waals surface area contributed by atoms with Crippen LogP contribution < -0.4 is 10.9 Å². The average Bonchev–Trinajstić information content (AvgIpc) is 2.96. The topological polar surface area (TPSA) is 46.1 Å². The van der Waals surface area contributed by atoms with Crippen LogP contribution in [-0.2, 0) is 0 Å². The van der Waals surface area contributed by atoms with Crippen molar-refractivity contribution in [3.8, 4) is 5.69 Å². The fraction of sp³-hybridized carbons (Fsp3) is 0.278. The lowest BCUT2D eigenvalue weighted by molar-refractivity contribution is 0.0938. The first-order valence-electron chi connectivity index (χ1n) is 7.82. The summed E-state index contributed by atoms with van der Waals surface area (Å²) in [6.07, 6.45) is 11.8. The van der Waals surface area contributed by atoms with Crippen molar-refractivity contribution in [1.29, 1.82) is 0 Å². The van der Waals surface area contributed by atoms with Crippen molar-refractivity contribution in [2.75, 3.05) is 0 Å². The number of allylic oxidation sites excluding steroid dienone is 2. The molecule has 1 aliphatic rings. The van der Waals surface area contributed by atoms with E-state index in [2.05, 4.69) is 16.9 Å². The number of hydrazine groups is 1. The van der Waals surface area contributed by atoms with Gasteiger partial charge in [-0.15, -0.1) is 0 Å². The third-order valence-corrected chi connectivity index (χ3v) is 3.91. The van der Waals surface area contributed by atoms with Crippen LogP contribution in [0.3, 0.4) is 0 Å². The minimum absolute atomic E-state index is 0.116. The molecule has 114 valence electrons. The first-order valence-corrected chi connectivity index (χ1v) is 7.82. The second-order valence-electron chi connectivity index (χ2n) is 5.52. The highest BCUT2D eigenvalue weighted by Crippen LogP contribution is 2.16. The number of nitrogens with zero attached hydrogens (tertiary/aromatic N) is 1. The lowest BCUT2D eigenvalue weighted by Crippen LogP contribution is -2.37. The number of rotatable bonds is 4. The quantitative estimate of drug-likeness (QED) is 0.847. The highest BCUT2D eigenvalue weighted by Gasteiger charge is 2.12. The van der Waals surface area contributed by atoms with Crippen LogP contribution in [0.2, 0.25) is 0 Å². The van der Waals surface area contributed by atoms with Crippen molar-refractivity contribution in [2.45, 2.75) is 32.1 Å². The number of carbonyl (C=O) groups is 1. The van der Waals surface area contributed by atoms with E-state index in [9.17, 15) is 4.79 Å². The van der Waals surface area contributed by atoms with E-state index < -0.39 is 0 Å². The molecule has 1 heterocycles. The number of para-hydroxylation sites is 1. The molecule has 3 rings (SSSR count). The number of carbonyl (C=O) groups excluding carboxylic acids is 1. The normalized spacial score (nSPS) is 14.8. The predicted octanol–water partition coefficient (Wildman–Crippen LogP) is 3.56. The molecule has 0 saturated heterocycles. The van der Waals surface area contributed by atoms with Crippen LogP contribution >= 0.6 is 0 Å². The lowest BCUT2D eigenvalue weighted by atomic mass is 10.1. The summed E-state index contributed by atoms with van der Waals surface area (Å²) in [5.74, 6) is -0.116. The van der Waals surface area contributed by atoms with E-state index in [1.54, 1.807) is 0 Å². The second-order valence-corrected chi connectivity index (χ2v) is 5.52. The second kappa shape index (κ2) is 6.98. The minimum Gasteiger partial charge on any atom is -0.323 e. The lowest BCUT2D eigenvalue weighted by Gasteiger charge is -2.14. The van der Waals surface area contributed by atoms with Crippen molar-refractivity contribution in [3.05, 3.63) is 66.1 Å². The van der Waals surface area contributed by atoms with Gasteiger partial charge in [-0.1, -0.05) is 24.6 Å². The Bertz CT molecular complexity index is 659. The van der Waals surface area contributed by atoms with Gasteiger partial charge in [0.05, 0.1) is 11.3 Å². The van der Waals surface area contributed by atoms with Crippen LogP contribution in [0.15, 0.2) is 60.6 Å². The van der Waals surface area contributed by atoms with Gasteiger partial charge in [0.15, 0.2) is 0 Å². The summed E-state index contributed by atoms with van der Waals surface area (Å²) in [4.78, 5) is 12.5. The molecular formula is C18H21N3O. The van der Waals surface area contributed by atoms with Gasteiger partial charge in [0.25, 0.3) is 5.91 Å². The van der Waals surface area contributed by atoms with Crippen molar-refractivity contribution >= 4 is 5.91 Å². The molecule has 0 unspecified atom stereocenters. The molecule has 0 radical (unpaired) electrons. The van der Waals surface area contributed by atoms with Gasteiger partial charge in [-0.25, -0.2) is 0 Å². The SMILES string of the molecule is O=C(NNC1=CCCCCC1)c1ccccc1-n1cccc1. The Balaban J connectivity index is 1.71. The Hall–Kier alpha value is -2.49. The number of nitrogens with one attached hydrogen (secondary N) is 2. The molecule has 1 aromatic heterocycles. The van der Waals surface area contributed by atoms with Crippen LogP contribution in [0.5, 0.6) is 0 Å². The molecule has 1 amide bonds. The molecule has 2 aromatic rings. The summed E-state index contributed by atoms with van der Waals surface area (Å²) >= 11 is 0. The van der Waals surface area contributed by atoms with Gasteiger partial charge >= 0.3 is 0 Å². The van der Waals surface area contributed by atoms with Gasteiger partial charge in [0.1, 0.15) is 0 Å². The summed E-state index contributed by atoms with van der Waals surface area (Å²) in [6, 6.07) is 11.5. The van der Waals surface area contributed by atoms with Gasteiger partial charge in [0, 0.05) is 18.1 Å². The Morgan fingerprint density at radius 2 is 1.82 bits per heavy atom. The highest BCUT2D eigenvalue weighted by molar-refractivity contribution is 5.97. The zero-order valence-electron chi connectivity index (χ0n) is 12.6. The highest BCUT2D eigenvalue weighted by atomic mass is 16.2. The fourth-order valence-corrected chi connectivity index (χ4v) is 2.72. The van der Waals surface area contributed by atoms with Crippen molar-refractivity contribution in [1.82, 2.24) is 15.4 Å². The molecule has 0 fully saturated rings. The maximum absolute atomic E-state index is 12.5. The van der Waals surface area contributed by atoms with Crippen LogP contribution in [-0.4, -0.2) is 10.5 Å². The fourth-order valence-electron chi connectivity index (χ4n) is 2.72. The van der Waals surface area contributed by atoms with E-state index in [0.29, 0.717) is 5.56 Å². The molecule has 0 bridgehead atoms. The average molecular weight is 295 g/mol. The molecule has 4 heteroatoms. The molecule has 0 aliphatic heterocycles. The van der Waals surface area contributed by atoms with E-state index in [4.69, 9.17) is 0 Å². The molecule has 1 aromatic carbocycles. The van der Waals surface area contributed by atoms with Crippen molar-refractivity contribution in [3.63, 3.8) is 0 Å². The van der Waals surface area contributed by atoms with Crippen LogP contribution in [0.4, 0.5) is 0 Å². The number of aromatic nitrogens is 1. The van der Waals surface area contributed by atoms with Crippen molar-refractivity contribution in [2.24, 2.45) is 0 Å². The van der Waals surface area contributed by atoms with Gasteiger partial charge in [-0.2, -0.15) is 0 Å². The van der Waals surface area contributed by atoms with E-state index in [1.807, 2.05) is 53.4 Å². The Morgan fingerprint density at radius 3 is 2.68 bits per heavy atom. The molecule has 0 saturated carbocycles. The van der Waals surface area contributed by atoms with E-state index in [-0.39, 0.29) is 5.91 Å². The maximum Gasteiger partial charge on any atom is 0.271 e. The molecule has 2 N–H and O–H groups in total. The van der Waals surface area contributed by atoms with E-state index in [0.717, 1.165) is 24.2 Å². The number of hydrogen-bond acceptors (Lipinski definition) is 2. The number of amides is 1. The van der Waals surface area contributed by atoms with Crippen LogP contribution in [0.25, 0.3) is 5.69 Å². The third kappa shape index (κ3) is 3.39. The predicted molar refractivity (Wildman–Crippen MR) is 87.5 cm³/mol. The Kier molecular flexibility index (Phi) is 4.59. The summed E-state index contributed by atoms with van der Waals surface area (Å²) in [5.41, 5.74) is 8.56. The zero-order chi connectivity index (χ0) is 15.2. The standard InChI is InChI=1S/C18H21N3O/c22-18(20-19-15-9-3-1-2-4-10-15)16-11-5-6-12-17(16)21-13-7-8-14-21/h5-9,11-14,19H,1-4,10H2,(H,20,22). The number of hydrogen-bond donors (Lipinski definition) is 2. The largest absolute Gasteiger partial charge is 0.323 e. The first kappa shape index (κ1) is 14.4. The smallest absolute Gasteiger partial charge is 0.271 e. The summed E-state index contributed by atoms with van der Waals surface area (Å²) in [5, 5.41) is 0. The van der Waals surface area contributed by atoms with Gasteiger partial charge < -0.3 is 9.99 Å². The van der Waals surface area contributed by atoms with Gasteiger partial charge in [0.2, 0.25) is 0 Å².